The first-order valence-electron chi connectivity index (χ1n) is 9.99. The van der Waals surface area contributed by atoms with Gasteiger partial charge in [0.15, 0.2) is 0 Å². The van der Waals surface area contributed by atoms with Gasteiger partial charge >= 0.3 is 13.8 Å². The summed E-state index contributed by atoms with van der Waals surface area (Å²) in [4.78, 5) is 18.7. The first-order valence-corrected chi connectivity index (χ1v) is 11.9. The largest absolute Gasteiger partial charge is 0.529 e. The Labute approximate surface area is 171 Å². The third-order valence-corrected chi connectivity index (χ3v) is 5.98. The molecule has 1 aliphatic rings. The lowest BCUT2D eigenvalue weighted by molar-refractivity contribution is -0.706. The summed E-state index contributed by atoms with van der Waals surface area (Å²) < 4.78 is 20.2. The monoisotopic (exact) mass is 427 g/mol. The van der Waals surface area contributed by atoms with E-state index in [0.717, 1.165) is 43.7 Å². The molecule has 1 aromatic heterocycles. The van der Waals surface area contributed by atoms with Crippen molar-refractivity contribution < 1.29 is 23.4 Å². The van der Waals surface area contributed by atoms with Crippen LogP contribution in [0.15, 0.2) is 36.7 Å². The molecular formula is C20H29ClN2O4P+. The SMILES string of the molecule is O=P(O)(O)Oc1n(CCCCc2ccc(Cl)cc2)cc[n+]1CC1CCCCC1. The van der Waals surface area contributed by atoms with Gasteiger partial charge in [-0.25, -0.2) is 4.57 Å². The van der Waals surface area contributed by atoms with E-state index in [2.05, 4.69) is 0 Å². The van der Waals surface area contributed by atoms with Crippen LogP contribution < -0.4 is 9.09 Å². The van der Waals surface area contributed by atoms with Crippen molar-refractivity contribution in [1.29, 1.82) is 0 Å². The number of benzene rings is 1. The van der Waals surface area contributed by atoms with Crippen LogP contribution in [-0.2, 0) is 24.1 Å². The first kappa shape index (κ1) is 21.4. The third kappa shape index (κ3) is 6.63. The van der Waals surface area contributed by atoms with Crippen molar-refractivity contribution in [3.05, 3.63) is 47.2 Å². The van der Waals surface area contributed by atoms with Gasteiger partial charge in [0, 0.05) is 5.02 Å². The second kappa shape index (κ2) is 9.93. The van der Waals surface area contributed by atoms with Gasteiger partial charge in [0.2, 0.25) is 0 Å². The van der Waals surface area contributed by atoms with E-state index >= 15 is 0 Å². The maximum Gasteiger partial charge on any atom is 0.529 e. The standard InChI is InChI=1S/C20H28ClN2O4P/c21-19-11-9-17(10-12-19)6-4-5-13-22-14-15-23(20(22)27-28(24,25)26)16-18-7-2-1-3-8-18/h9-12,14-15,18H,1-8,13,16H2,(H-,24,25,26)/p+1. The fourth-order valence-corrected chi connectivity index (χ4v) is 4.43. The summed E-state index contributed by atoms with van der Waals surface area (Å²) in [6.45, 7) is 1.40. The molecule has 2 aromatic rings. The number of hydrogen-bond donors (Lipinski definition) is 2. The zero-order chi connectivity index (χ0) is 20.0. The molecule has 0 saturated heterocycles. The molecule has 0 radical (unpaired) electrons. The number of phosphoric ester groups is 1. The Hall–Kier alpha value is -1.33. The number of halogens is 1. The highest BCUT2D eigenvalue weighted by molar-refractivity contribution is 7.46. The number of hydrogen-bond acceptors (Lipinski definition) is 2. The molecule has 0 amide bonds. The molecule has 0 atom stereocenters. The van der Waals surface area contributed by atoms with Gasteiger partial charge in [-0.2, -0.15) is 9.13 Å². The fraction of sp³-hybridized carbons (Fsp3) is 0.550. The van der Waals surface area contributed by atoms with E-state index in [9.17, 15) is 14.4 Å². The molecule has 154 valence electrons. The van der Waals surface area contributed by atoms with E-state index in [4.69, 9.17) is 16.1 Å². The van der Waals surface area contributed by atoms with Crippen LogP contribution in [0.1, 0.15) is 50.5 Å². The molecule has 3 rings (SSSR count). The van der Waals surface area contributed by atoms with Crippen molar-refractivity contribution in [2.45, 2.75) is 64.5 Å². The van der Waals surface area contributed by atoms with Crippen molar-refractivity contribution in [3.8, 4) is 6.01 Å². The molecule has 2 N–H and O–H groups in total. The maximum atomic E-state index is 11.5. The van der Waals surface area contributed by atoms with Gasteiger partial charge < -0.3 is 4.52 Å². The zero-order valence-electron chi connectivity index (χ0n) is 16.0. The predicted octanol–water partition coefficient (Wildman–Crippen LogP) is 4.50. The normalized spacial score (nSPS) is 15.7. The number of unbranched alkanes of at least 4 members (excludes halogenated alkanes) is 1. The highest BCUT2D eigenvalue weighted by atomic mass is 35.5. The van der Waals surface area contributed by atoms with Crippen LogP contribution in [0.3, 0.4) is 0 Å². The molecule has 0 unspecified atom stereocenters. The van der Waals surface area contributed by atoms with E-state index in [1.54, 1.807) is 0 Å². The molecule has 28 heavy (non-hydrogen) atoms. The maximum absolute atomic E-state index is 11.5. The Morgan fingerprint density at radius 2 is 1.86 bits per heavy atom. The minimum atomic E-state index is -4.61. The molecule has 6 nitrogen and oxygen atoms in total. The Bertz CT molecular complexity index is 797. The Balaban J connectivity index is 1.60. The number of aryl methyl sites for hydroxylation is 2. The van der Waals surface area contributed by atoms with E-state index in [1.165, 1.54) is 24.8 Å². The number of rotatable bonds is 9. The van der Waals surface area contributed by atoms with E-state index in [1.807, 2.05) is 45.8 Å². The van der Waals surface area contributed by atoms with Gasteiger partial charge in [0.25, 0.3) is 0 Å². The summed E-state index contributed by atoms with van der Waals surface area (Å²) in [5.41, 5.74) is 1.23. The fourth-order valence-electron chi connectivity index (χ4n) is 3.88. The molecule has 0 spiro atoms. The molecule has 0 bridgehead atoms. The van der Waals surface area contributed by atoms with Crippen LogP contribution in [0, 0.1) is 5.92 Å². The molecule has 8 heteroatoms. The van der Waals surface area contributed by atoms with Crippen LogP contribution in [0.2, 0.25) is 5.02 Å². The van der Waals surface area contributed by atoms with Crippen LogP contribution in [0.4, 0.5) is 0 Å². The lowest BCUT2D eigenvalue weighted by Crippen LogP contribution is -2.38. The van der Waals surface area contributed by atoms with Gasteiger partial charge in [0.1, 0.15) is 12.4 Å². The second-order valence-corrected chi connectivity index (χ2v) is 9.20. The first-order chi connectivity index (χ1) is 13.4. The molecular weight excluding hydrogens is 399 g/mol. The predicted molar refractivity (Wildman–Crippen MR) is 108 cm³/mol. The lowest BCUT2D eigenvalue weighted by Gasteiger charge is -2.20. The lowest BCUT2D eigenvalue weighted by atomic mass is 9.89. The van der Waals surface area contributed by atoms with Gasteiger partial charge in [0.05, 0.1) is 13.1 Å². The van der Waals surface area contributed by atoms with Gasteiger partial charge in [-0.1, -0.05) is 43.0 Å². The van der Waals surface area contributed by atoms with Crippen LogP contribution in [0.5, 0.6) is 6.01 Å². The summed E-state index contributed by atoms with van der Waals surface area (Å²) in [6.07, 6.45) is 12.6. The number of imidazole rings is 1. The van der Waals surface area contributed by atoms with E-state index in [-0.39, 0.29) is 6.01 Å². The van der Waals surface area contributed by atoms with Crippen molar-refractivity contribution >= 4 is 19.4 Å². The highest BCUT2D eigenvalue weighted by Crippen LogP contribution is 2.36. The minimum absolute atomic E-state index is 0.255. The summed E-state index contributed by atoms with van der Waals surface area (Å²) in [7, 11) is -4.61. The van der Waals surface area contributed by atoms with Crippen molar-refractivity contribution in [2.75, 3.05) is 0 Å². The molecule has 0 aliphatic heterocycles. The number of aromatic nitrogens is 2. The highest BCUT2D eigenvalue weighted by Gasteiger charge is 2.29. The van der Waals surface area contributed by atoms with Crippen molar-refractivity contribution in [3.63, 3.8) is 0 Å². The molecule has 1 fully saturated rings. The van der Waals surface area contributed by atoms with Crippen LogP contribution >= 0.6 is 19.4 Å². The van der Waals surface area contributed by atoms with Crippen LogP contribution in [0.25, 0.3) is 0 Å². The Morgan fingerprint density at radius 3 is 2.54 bits per heavy atom. The van der Waals surface area contributed by atoms with Crippen molar-refractivity contribution in [2.24, 2.45) is 5.92 Å². The van der Waals surface area contributed by atoms with Crippen molar-refractivity contribution in [1.82, 2.24) is 4.57 Å². The quantitative estimate of drug-likeness (QED) is 0.351. The average Bonchev–Trinajstić information content (AvgIpc) is 3.01. The summed E-state index contributed by atoms with van der Waals surface area (Å²) >= 11 is 5.91. The topological polar surface area (TPSA) is 75.6 Å². The van der Waals surface area contributed by atoms with E-state index in [0.29, 0.717) is 12.5 Å². The van der Waals surface area contributed by atoms with Gasteiger partial charge in [-0.15, -0.1) is 0 Å². The van der Waals surface area contributed by atoms with Gasteiger partial charge in [-0.3, -0.25) is 9.79 Å². The zero-order valence-corrected chi connectivity index (χ0v) is 17.7. The van der Waals surface area contributed by atoms with Crippen LogP contribution in [-0.4, -0.2) is 14.4 Å². The smallest absolute Gasteiger partial charge is 0.334 e. The minimum Gasteiger partial charge on any atom is -0.334 e. The number of nitrogens with zero attached hydrogens (tertiary/aromatic N) is 2. The third-order valence-electron chi connectivity index (χ3n) is 5.33. The summed E-state index contributed by atoms with van der Waals surface area (Å²) in [6, 6.07) is 8.09. The second-order valence-electron chi connectivity index (χ2n) is 7.60. The molecule has 1 aromatic carbocycles. The summed E-state index contributed by atoms with van der Waals surface area (Å²) in [5, 5.41) is 0.734. The molecule has 1 saturated carbocycles. The Morgan fingerprint density at radius 1 is 1.14 bits per heavy atom. The summed E-state index contributed by atoms with van der Waals surface area (Å²) in [5.74, 6) is 0.540. The Kier molecular flexibility index (Phi) is 7.58. The number of phosphoric acid groups is 1. The van der Waals surface area contributed by atoms with E-state index < -0.39 is 7.82 Å². The average molecular weight is 428 g/mol. The van der Waals surface area contributed by atoms with Gasteiger partial charge in [-0.05, 0) is 55.7 Å². The molecule has 1 heterocycles. The molecule has 1 aliphatic carbocycles.